The molecule has 0 saturated carbocycles. The van der Waals surface area contributed by atoms with Crippen LogP contribution in [0.1, 0.15) is 22.8 Å². The van der Waals surface area contributed by atoms with Gasteiger partial charge in [-0.1, -0.05) is 12.1 Å². The van der Waals surface area contributed by atoms with Gasteiger partial charge in [0, 0.05) is 28.2 Å². The van der Waals surface area contributed by atoms with E-state index in [1.807, 2.05) is 24.3 Å². The summed E-state index contributed by atoms with van der Waals surface area (Å²) in [6.07, 6.45) is 0.196. The third-order valence-electron chi connectivity index (χ3n) is 3.40. The Kier molecular flexibility index (Phi) is 6.51. The first-order valence-electron chi connectivity index (χ1n) is 7.51. The first-order chi connectivity index (χ1) is 11.8. The van der Waals surface area contributed by atoms with Crippen LogP contribution in [0.2, 0.25) is 0 Å². The smallest absolute Gasteiger partial charge is 0.326 e. The number of hydrogen-bond donors (Lipinski definition) is 3. The van der Waals surface area contributed by atoms with Gasteiger partial charge in [0.2, 0.25) is 5.91 Å². The van der Waals surface area contributed by atoms with Crippen LogP contribution in [0, 0.1) is 3.57 Å². The largest absolute Gasteiger partial charge is 0.480 e. The van der Waals surface area contributed by atoms with Gasteiger partial charge in [0.05, 0.1) is 0 Å². The van der Waals surface area contributed by atoms with Gasteiger partial charge >= 0.3 is 5.97 Å². The number of carbonyl (C=O) groups excluding carboxylic acids is 2. The number of carboxylic acids is 1. The quantitative estimate of drug-likeness (QED) is 0.588. The number of halogens is 1. The SMILES string of the molecule is CC(=O)Nc1ccc(C(=O)N[C@@H](Cc2cccc(I)c2)C(=O)O)cc1. The third kappa shape index (κ3) is 5.86. The number of carboxylic acid groups (broad SMARTS) is 1. The summed E-state index contributed by atoms with van der Waals surface area (Å²) < 4.78 is 0.999. The highest BCUT2D eigenvalue weighted by molar-refractivity contribution is 14.1. The lowest BCUT2D eigenvalue weighted by Gasteiger charge is -2.15. The van der Waals surface area contributed by atoms with E-state index >= 15 is 0 Å². The van der Waals surface area contributed by atoms with Gasteiger partial charge in [-0.15, -0.1) is 0 Å². The minimum absolute atomic E-state index is 0.196. The molecule has 0 unspecified atom stereocenters. The predicted molar refractivity (Wildman–Crippen MR) is 102 cm³/mol. The standard InChI is InChI=1S/C18H17IN2O4/c1-11(22)20-15-7-5-13(6-8-15)17(23)21-16(18(24)25)10-12-3-2-4-14(19)9-12/h2-9,16H,10H2,1H3,(H,20,22)(H,21,23)(H,24,25)/t16-/m0/s1. The molecule has 6 nitrogen and oxygen atoms in total. The molecule has 2 aromatic rings. The second-order valence-electron chi connectivity index (χ2n) is 5.46. The van der Waals surface area contributed by atoms with Crippen molar-refractivity contribution in [2.75, 3.05) is 5.32 Å². The Morgan fingerprint density at radius 3 is 2.36 bits per heavy atom. The second-order valence-corrected chi connectivity index (χ2v) is 6.70. The van der Waals surface area contributed by atoms with Gasteiger partial charge in [0.25, 0.3) is 5.91 Å². The third-order valence-corrected chi connectivity index (χ3v) is 4.07. The molecule has 0 aromatic heterocycles. The molecule has 2 aromatic carbocycles. The van der Waals surface area contributed by atoms with Crippen molar-refractivity contribution >= 4 is 46.1 Å². The molecule has 7 heteroatoms. The Bertz CT molecular complexity index is 790. The van der Waals surface area contributed by atoms with E-state index in [1.54, 1.807) is 12.1 Å². The molecular weight excluding hydrogens is 435 g/mol. The van der Waals surface area contributed by atoms with Crippen LogP contribution in [0.25, 0.3) is 0 Å². The molecule has 3 N–H and O–H groups in total. The van der Waals surface area contributed by atoms with Crippen LogP contribution in [-0.2, 0) is 16.0 Å². The first-order valence-corrected chi connectivity index (χ1v) is 8.59. The van der Waals surface area contributed by atoms with E-state index in [1.165, 1.54) is 19.1 Å². The van der Waals surface area contributed by atoms with E-state index in [-0.39, 0.29) is 12.3 Å². The van der Waals surface area contributed by atoms with E-state index in [9.17, 15) is 19.5 Å². The minimum Gasteiger partial charge on any atom is -0.480 e. The van der Waals surface area contributed by atoms with Crippen molar-refractivity contribution in [1.29, 1.82) is 0 Å². The molecule has 0 spiro atoms. The number of amides is 2. The number of benzene rings is 2. The maximum Gasteiger partial charge on any atom is 0.326 e. The van der Waals surface area contributed by atoms with Crippen molar-refractivity contribution in [2.45, 2.75) is 19.4 Å². The summed E-state index contributed by atoms with van der Waals surface area (Å²) in [5.74, 6) is -1.78. The zero-order valence-electron chi connectivity index (χ0n) is 13.5. The molecule has 0 heterocycles. The Balaban J connectivity index is 2.07. The van der Waals surface area contributed by atoms with Crippen molar-refractivity contribution in [3.63, 3.8) is 0 Å². The van der Waals surface area contributed by atoms with Crippen LogP contribution in [0.15, 0.2) is 48.5 Å². The summed E-state index contributed by atoms with van der Waals surface area (Å²) in [4.78, 5) is 34.7. The lowest BCUT2D eigenvalue weighted by molar-refractivity contribution is -0.139. The Hall–Kier alpha value is -2.42. The maximum atomic E-state index is 12.3. The van der Waals surface area contributed by atoms with E-state index in [0.29, 0.717) is 11.3 Å². The van der Waals surface area contributed by atoms with Crippen molar-refractivity contribution in [3.05, 3.63) is 63.2 Å². The highest BCUT2D eigenvalue weighted by Gasteiger charge is 2.21. The van der Waals surface area contributed by atoms with Gasteiger partial charge < -0.3 is 15.7 Å². The molecule has 2 rings (SSSR count). The van der Waals surface area contributed by atoms with Gasteiger partial charge in [0.1, 0.15) is 6.04 Å². The molecule has 130 valence electrons. The fourth-order valence-corrected chi connectivity index (χ4v) is 2.86. The summed E-state index contributed by atoms with van der Waals surface area (Å²) in [5.41, 5.74) is 1.72. The maximum absolute atomic E-state index is 12.3. The average Bonchev–Trinajstić information content (AvgIpc) is 2.54. The molecule has 0 aliphatic heterocycles. The summed E-state index contributed by atoms with van der Waals surface area (Å²) in [7, 11) is 0. The molecule has 0 bridgehead atoms. The monoisotopic (exact) mass is 452 g/mol. The molecular formula is C18H17IN2O4. The highest BCUT2D eigenvalue weighted by atomic mass is 127. The number of nitrogens with one attached hydrogen (secondary N) is 2. The molecule has 1 atom stereocenters. The molecule has 25 heavy (non-hydrogen) atoms. The van der Waals surface area contributed by atoms with Gasteiger partial charge in [-0.05, 0) is 64.6 Å². The van der Waals surface area contributed by atoms with Gasteiger partial charge in [0.15, 0.2) is 0 Å². The topological polar surface area (TPSA) is 95.5 Å². The van der Waals surface area contributed by atoms with Crippen LogP contribution >= 0.6 is 22.6 Å². The molecule has 2 amide bonds. The Labute approximate surface area is 158 Å². The minimum atomic E-state index is -1.10. The zero-order chi connectivity index (χ0) is 18.4. The number of hydrogen-bond acceptors (Lipinski definition) is 3. The summed E-state index contributed by atoms with van der Waals surface area (Å²) >= 11 is 2.15. The number of aliphatic carboxylic acids is 1. The molecule has 0 fully saturated rings. The first kappa shape index (κ1) is 18.9. The normalized spacial score (nSPS) is 11.4. The molecule has 0 radical (unpaired) electrons. The average molecular weight is 452 g/mol. The van der Waals surface area contributed by atoms with Crippen LogP contribution in [-0.4, -0.2) is 28.9 Å². The summed E-state index contributed by atoms with van der Waals surface area (Å²) in [6.45, 7) is 1.39. The van der Waals surface area contributed by atoms with Gasteiger partial charge in [-0.2, -0.15) is 0 Å². The van der Waals surface area contributed by atoms with E-state index in [2.05, 4.69) is 33.2 Å². The van der Waals surface area contributed by atoms with Crippen molar-refractivity contribution < 1.29 is 19.5 Å². The molecule has 0 aliphatic rings. The molecule has 0 aliphatic carbocycles. The molecule has 0 saturated heterocycles. The van der Waals surface area contributed by atoms with Crippen LogP contribution in [0.5, 0.6) is 0 Å². The van der Waals surface area contributed by atoms with Crippen molar-refractivity contribution in [3.8, 4) is 0 Å². The van der Waals surface area contributed by atoms with E-state index in [4.69, 9.17) is 0 Å². The van der Waals surface area contributed by atoms with Gasteiger partial charge in [-0.3, -0.25) is 9.59 Å². The number of carbonyl (C=O) groups is 3. The fourth-order valence-electron chi connectivity index (χ4n) is 2.25. The van der Waals surface area contributed by atoms with E-state index < -0.39 is 17.9 Å². The van der Waals surface area contributed by atoms with Crippen molar-refractivity contribution in [2.24, 2.45) is 0 Å². The fraction of sp³-hybridized carbons (Fsp3) is 0.167. The van der Waals surface area contributed by atoms with Crippen molar-refractivity contribution in [1.82, 2.24) is 5.32 Å². The summed E-state index contributed by atoms with van der Waals surface area (Å²) in [6, 6.07) is 12.7. The number of anilines is 1. The second kappa shape index (κ2) is 8.61. The summed E-state index contributed by atoms with van der Waals surface area (Å²) in [5, 5.41) is 14.5. The predicted octanol–water partition coefficient (Wildman–Crippen LogP) is 2.68. The van der Waals surface area contributed by atoms with Gasteiger partial charge in [-0.25, -0.2) is 4.79 Å². The Morgan fingerprint density at radius 1 is 1.12 bits per heavy atom. The lowest BCUT2D eigenvalue weighted by Crippen LogP contribution is -2.42. The van der Waals surface area contributed by atoms with Crippen LogP contribution in [0.3, 0.4) is 0 Å². The van der Waals surface area contributed by atoms with Crippen LogP contribution < -0.4 is 10.6 Å². The van der Waals surface area contributed by atoms with E-state index in [0.717, 1.165) is 9.13 Å². The van der Waals surface area contributed by atoms with Crippen LogP contribution in [0.4, 0.5) is 5.69 Å². The highest BCUT2D eigenvalue weighted by Crippen LogP contribution is 2.12. The number of rotatable bonds is 6. The Morgan fingerprint density at radius 2 is 1.80 bits per heavy atom. The lowest BCUT2D eigenvalue weighted by atomic mass is 10.1. The zero-order valence-corrected chi connectivity index (χ0v) is 15.6.